The molecule has 5 rings (SSSR count). The van der Waals surface area contributed by atoms with E-state index in [2.05, 4.69) is 20.8 Å². The summed E-state index contributed by atoms with van der Waals surface area (Å²) in [5.41, 5.74) is -0.813. The highest BCUT2D eigenvalue weighted by Gasteiger charge is 2.70. The van der Waals surface area contributed by atoms with Crippen LogP contribution in [0, 0.1) is 40.9 Å². The van der Waals surface area contributed by atoms with Crippen molar-refractivity contribution in [2.24, 2.45) is 34.0 Å². The molecule has 0 aromatic heterocycles. The van der Waals surface area contributed by atoms with Crippen molar-refractivity contribution in [3.63, 3.8) is 0 Å². The fourth-order valence-electron chi connectivity index (χ4n) is 8.14. The van der Waals surface area contributed by atoms with E-state index < -0.39 is 45.7 Å². The van der Waals surface area contributed by atoms with Crippen molar-refractivity contribution >= 4 is 21.9 Å². The summed E-state index contributed by atoms with van der Waals surface area (Å²) in [5, 5.41) is 11.8. The number of carbonyl (C=O) groups excluding carboxylic acids is 2. The second-order valence-corrected chi connectivity index (χ2v) is 14.3. The highest BCUT2D eigenvalue weighted by molar-refractivity contribution is 7.86. The quantitative estimate of drug-likeness (QED) is 0.324. The second-order valence-electron chi connectivity index (χ2n) is 12.7. The normalized spacial score (nSPS) is 42.6. The van der Waals surface area contributed by atoms with Gasteiger partial charge in [-0.2, -0.15) is 8.42 Å². The molecular formula is C29H40O8S. The van der Waals surface area contributed by atoms with Crippen LogP contribution in [0.15, 0.2) is 29.2 Å². The number of benzene rings is 1. The Morgan fingerprint density at radius 3 is 2.45 bits per heavy atom. The Hall–Kier alpha value is -1.81. The largest absolute Gasteiger partial charge is 0.460 e. The summed E-state index contributed by atoms with van der Waals surface area (Å²) in [7, 11) is -4.15. The molecule has 1 aromatic rings. The van der Waals surface area contributed by atoms with E-state index in [-0.39, 0.29) is 40.0 Å². The number of Topliss-reactive ketones (excluding diaryl/α,β-unsaturated/α-hetero) is 1. The van der Waals surface area contributed by atoms with E-state index >= 15 is 0 Å². The third kappa shape index (κ3) is 4.25. The standard InChI is InChI=1S/C29H40O8S/c1-17-6-8-20(9-7-17)38(33,34)36-16-24(31)37-22-14-27(4,23-15-35-23)26(32)19(3)29-12-10-18(2)28(22,5)25(29)21(30)11-13-29/h6-9,18-19,22-23,25-26,32H,10-16H2,1-5H3/t18-,19+,22-,23+,25+,26+,27+,28+,29+/m1/s1. The molecule has 0 radical (unpaired) electrons. The smallest absolute Gasteiger partial charge is 0.333 e. The Balaban J connectivity index is 1.46. The van der Waals surface area contributed by atoms with Gasteiger partial charge in [-0.1, -0.05) is 45.4 Å². The molecule has 4 aliphatic rings. The monoisotopic (exact) mass is 548 g/mol. The molecule has 1 saturated heterocycles. The van der Waals surface area contributed by atoms with E-state index in [9.17, 15) is 23.1 Å². The molecule has 0 spiro atoms. The number of aliphatic hydroxyl groups is 1. The summed E-state index contributed by atoms with van der Waals surface area (Å²) in [6, 6.07) is 6.19. The molecule has 1 aromatic carbocycles. The topological polar surface area (TPSA) is 120 Å². The van der Waals surface area contributed by atoms with Crippen LogP contribution in [0.4, 0.5) is 0 Å². The average molecular weight is 549 g/mol. The molecule has 4 fully saturated rings. The minimum absolute atomic E-state index is 0.0355. The third-order valence-corrected chi connectivity index (χ3v) is 12.1. The maximum Gasteiger partial charge on any atom is 0.333 e. The molecular weight excluding hydrogens is 508 g/mol. The third-order valence-electron chi connectivity index (χ3n) is 10.8. The lowest BCUT2D eigenvalue weighted by atomic mass is 9.43. The Morgan fingerprint density at radius 2 is 1.82 bits per heavy atom. The van der Waals surface area contributed by atoms with Gasteiger partial charge in [0.25, 0.3) is 10.1 Å². The van der Waals surface area contributed by atoms with E-state index in [1.807, 2.05) is 13.8 Å². The lowest BCUT2D eigenvalue weighted by Gasteiger charge is -2.62. The molecule has 9 heteroatoms. The first-order valence-corrected chi connectivity index (χ1v) is 15.1. The van der Waals surface area contributed by atoms with Gasteiger partial charge in [0, 0.05) is 23.2 Å². The molecule has 0 unspecified atom stereocenters. The van der Waals surface area contributed by atoms with Crippen LogP contribution in [0.1, 0.15) is 65.4 Å². The number of carbonyl (C=O) groups is 2. The number of esters is 1. The summed E-state index contributed by atoms with van der Waals surface area (Å²) in [6.07, 6.45) is 1.60. The predicted molar refractivity (Wildman–Crippen MR) is 139 cm³/mol. The van der Waals surface area contributed by atoms with Crippen molar-refractivity contribution in [2.75, 3.05) is 13.2 Å². The van der Waals surface area contributed by atoms with Crippen LogP contribution in [0.3, 0.4) is 0 Å². The lowest BCUT2D eigenvalue weighted by Crippen LogP contribution is -2.64. The number of hydrogen-bond donors (Lipinski definition) is 1. The fourth-order valence-corrected chi connectivity index (χ4v) is 9.00. The Bertz CT molecular complexity index is 1210. The van der Waals surface area contributed by atoms with Crippen LogP contribution in [0.25, 0.3) is 0 Å². The van der Waals surface area contributed by atoms with Crippen LogP contribution in [-0.4, -0.2) is 56.8 Å². The minimum Gasteiger partial charge on any atom is -0.460 e. The number of ether oxygens (including phenoxy) is 2. The number of ketones is 1. The van der Waals surface area contributed by atoms with Gasteiger partial charge >= 0.3 is 5.97 Å². The summed E-state index contributed by atoms with van der Waals surface area (Å²) < 4.78 is 42.3. The zero-order valence-electron chi connectivity index (χ0n) is 22.9. The van der Waals surface area contributed by atoms with Crippen LogP contribution >= 0.6 is 0 Å². The zero-order chi connectivity index (χ0) is 27.7. The van der Waals surface area contributed by atoms with Crippen LogP contribution in [0.5, 0.6) is 0 Å². The van der Waals surface area contributed by atoms with Gasteiger partial charge in [0.2, 0.25) is 0 Å². The number of hydrogen-bond acceptors (Lipinski definition) is 8. The van der Waals surface area contributed by atoms with Crippen LogP contribution < -0.4 is 0 Å². The second kappa shape index (κ2) is 9.39. The first-order chi connectivity index (χ1) is 17.8. The number of aliphatic hydroxyl groups excluding tert-OH is 1. The van der Waals surface area contributed by atoms with Gasteiger partial charge in [-0.3, -0.25) is 8.98 Å². The maximum atomic E-state index is 13.5. The summed E-state index contributed by atoms with van der Waals surface area (Å²) in [6.45, 7) is 9.84. The summed E-state index contributed by atoms with van der Waals surface area (Å²) in [4.78, 5) is 26.7. The van der Waals surface area contributed by atoms with Crippen LogP contribution in [0.2, 0.25) is 0 Å². The summed E-state index contributed by atoms with van der Waals surface area (Å²) >= 11 is 0. The number of rotatable bonds is 6. The van der Waals surface area contributed by atoms with E-state index in [1.165, 1.54) is 12.1 Å². The molecule has 3 saturated carbocycles. The molecule has 9 atom stereocenters. The predicted octanol–water partition coefficient (Wildman–Crippen LogP) is 3.82. The highest BCUT2D eigenvalue weighted by atomic mass is 32.2. The maximum absolute atomic E-state index is 13.5. The van der Waals surface area contributed by atoms with E-state index in [1.54, 1.807) is 12.1 Å². The van der Waals surface area contributed by atoms with Gasteiger partial charge in [-0.25, -0.2) is 4.79 Å². The van der Waals surface area contributed by atoms with Crippen molar-refractivity contribution in [1.29, 1.82) is 0 Å². The van der Waals surface area contributed by atoms with E-state index in [0.29, 0.717) is 19.4 Å². The van der Waals surface area contributed by atoms with Crippen LogP contribution in [-0.2, 0) is 33.4 Å². The van der Waals surface area contributed by atoms with Gasteiger partial charge in [0.1, 0.15) is 11.9 Å². The minimum atomic E-state index is -4.15. The van der Waals surface area contributed by atoms with Crippen molar-refractivity contribution in [1.82, 2.24) is 0 Å². The zero-order valence-corrected chi connectivity index (χ0v) is 23.8. The fraction of sp³-hybridized carbons (Fsp3) is 0.724. The van der Waals surface area contributed by atoms with Gasteiger partial charge in [-0.05, 0) is 62.0 Å². The molecule has 0 amide bonds. The molecule has 1 N–H and O–H groups in total. The van der Waals surface area contributed by atoms with Crippen molar-refractivity contribution in [3.05, 3.63) is 29.8 Å². The SMILES string of the molecule is Cc1ccc(S(=O)(=O)OCC(=O)O[C@@H]2C[C@@](C)([C@@H]3CO3)[C@@H](O)[C@H](C)[C@]34CCC(=O)[C@H]3[C@@]2(C)[C@H](C)CC4)cc1. The van der Waals surface area contributed by atoms with Gasteiger partial charge in [0.15, 0.2) is 6.61 Å². The van der Waals surface area contributed by atoms with E-state index in [0.717, 1.165) is 24.8 Å². The molecule has 2 bridgehead atoms. The average Bonchev–Trinajstić information content (AvgIpc) is 3.67. The first-order valence-electron chi connectivity index (χ1n) is 13.7. The lowest BCUT2D eigenvalue weighted by molar-refractivity contribution is -0.214. The summed E-state index contributed by atoms with van der Waals surface area (Å²) in [5.74, 6) is -1.00. The molecule has 8 nitrogen and oxygen atoms in total. The molecule has 38 heavy (non-hydrogen) atoms. The molecule has 210 valence electrons. The van der Waals surface area contributed by atoms with Crippen molar-refractivity contribution in [2.45, 2.75) is 89.9 Å². The first kappa shape index (κ1) is 27.7. The Labute approximate surface area is 225 Å². The Kier molecular flexibility index (Phi) is 6.86. The molecule has 1 aliphatic heterocycles. The van der Waals surface area contributed by atoms with Gasteiger partial charge in [0.05, 0.1) is 23.7 Å². The van der Waals surface area contributed by atoms with Crippen molar-refractivity contribution in [3.8, 4) is 0 Å². The molecule has 3 aliphatic carbocycles. The molecule has 1 heterocycles. The van der Waals surface area contributed by atoms with Gasteiger partial charge < -0.3 is 14.6 Å². The highest BCUT2D eigenvalue weighted by Crippen LogP contribution is 2.68. The van der Waals surface area contributed by atoms with E-state index in [4.69, 9.17) is 13.7 Å². The Morgan fingerprint density at radius 1 is 1.16 bits per heavy atom. The number of epoxide rings is 1. The van der Waals surface area contributed by atoms with Crippen molar-refractivity contribution < 1.29 is 36.8 Å². The van der Waals surface area contributed by atoms with Gasteiger partial charge in [-0.15, -0.1) is 0 Å². The number of aryl methyl sites for hydroxylation is 1.